The fourth-order valence-corrected chi connectivity index (χ4v) is 1.72. The molecule has 0 aromatic heterocycles. The van der Waals surface area contributed by atoms with Gasteiger partial charge in [0, 0.05) is 4.53 Å². The molecular formula is C8H13FO2. The Bertz CT molecular complexity index is 141. The minimum atomic E-state index is -0.711. The quantitative estimate of drug-likeness (QED) is 0.619. The number of carbonyl (C=O) groups excluding carboxylic acids is 1. The van der Waals surface area contributed by atoms with E-state index in [1.165, 1.54) is 0 Å². The summed E-state index contributed by atoms with van der Waals surface area (Å²) in [6, 6.07) is 0. The van der Waals surface area contributed by atoms with E-state index < -0.39 is 5.97 Å². The molecular weight excluding hydrogens is 147 g/mol. The normalized spacial score (nSPS) is 21.6. The number of hydrogen-bond acceptors (Lipinski definition) is 2. The number of rotatable bonds is 2. The van der Waals surface area contributed by atoms with Gasteiger partial charge in [0.25, 0.3) is 0 Å². The molecule has 0 N–H and O–H groups in total. The third-order valence-corrected chi connectivity index (χ3v) is 2.55. The lowest BCUT2D eigenvalue weighted by Crippen LogP contribution is -2.18. The van der Waals surface area contributed by atoms with Crippen LogP contribution in [0.15, 0.2) is 0 Å². The van der Waals surface area contributed by atoms with Crippen LogP contribution in [0.3, 0.4) is 0 Å². The maximum absolute atomic E-state index is 11.4. The summed E-state index contributed by atoms with van der Waals surface area (Å²) >= 11 is 0. The lowest BCUT2D eigenvalue weighted by atomic mass is 9.93. The van der Waals surface area contributed by atoms with Crippen LogP contribution in [0.5, 0.6) is 0 Å². The molecule has 0 heterocycles. The van der Waals surface area contributed by atoms with Gasteiger partial charge in [-0.25, -0.2) is 4.79 Å². The molecule has 0 radical (unpaired) electrons. The molecule has 64 valence electrons. The molecule has 11 heavy (non-hydrogen) atoms. The van der Waals surface area contributed by atoms with Crippen molar-refractivity contribution in [3.05, 3.63) is 0 Å². The lowest BCUT2D eigenvalue weighted by molar-refractivity contribution is -0.190. The van der Waals surface area contributed by atoms with E-state index in [1.54, 1.807) is 6.92 Å². The maximum atomic E-state index is 11.4. The zero-order valence-electron chi connectivity index (χ0n) is 6.68. The monoisotopic (exact) mass is 160 g/mol. The van der Waals surface area contributed by atoms with Crippen molar-refractivity contribution >= 4 is 5.97 Å². The van der Waals surface area contributed by atoms with Gasteiger partial charge in [-0.1, -0.05) is 19.8 Å². The van der Waals surface area contributed by atoms with Crippen LogP contribution in [-0.4, -0.2) is 5.97 Å². The van der Waals surface area contributed by atoms with Gasteiger partial charge in [-0.05, 0) is 18.8 Å². The molecule has 0 aromatic rings. The van der Waals surface area contributed by atoms with E-state index in [-0.39, 0.29) is 5.92 Å². The van der Waals surface area contributed by atoms with Crippen molar-refractivity contribution in [1.29, 1.82) is 0 Å². The van der Waals surface area contributed by atoms with Gasteiger partial charge >= 0.3 is 5.97 Å². The van der Waals surface area contributed by atoms with Gasteiger partial charge in [-0.2, -0.15) is 0 Å². The van der Waals surface area contributed by atoms with Crippen molar-refractivity contribution < 1.29 is 14.3 Å². The Morgan fingerprint density at radius 2 is 2.09 bits per heavy atom. The predicted molar refractivity (Wildman–Crippen MR) is 38.3 cm³/mol. The summed E-state index contributed by atoms with van der Waals surface area (Å²) in [4.78, 5) is 13.9. The Labute approximate surface area is 65.6 Å². The van der Waals surface area contributed by atoms with Crippen LogP contribution in [0.2, 0.25) is 0 Å². The Kier molecular flexibility index (Phi) is 2.85. The standard InChI is InChI=1S/C8H13FO2/c1-6(8(10)11-9)7-4-2-3-5-7/h6-7H,2-5H2,1H3. The highest BCUT2D eigenvalue weighted by Gasteiger charge is 2.28. The smallest absolute Gasteiger partial charge is 0.255 e. The van der Waals surface area contributed by atoms with Crippen molar-refractivity contribution in [3.63, 3.8) is 0 Å². The molecule has 1 aliphatic carbocycles. The van der Waals surface area contributed by atoms with Gasteiger partial charge in [0.05, 0.1) is 5.92 Å². The van der Waals surface area contributed by atoms with Crippen LogP contribution >= 0.6 is 0 Å². The van der Waals surface area contributed by atoms with Crippen molar-refractivity contribution in [1.82, 2.24) is 0 Å². The fraction of sp³-hybridized carbons (Fsp3) is 0.875. The summed E-state index contributed by atoms with van der Waals surface area (Å²) in [6.07, 6.45) is 4.40. The first-order valence-electron chi connectivity index (χ1n) is 4.08. The van der Waals surface area contributed by atoms with Crippen LogP contribution in [0.1, 0.15) is 32.6 Å². The van der Waals surface area contributed by atoms with E-state index in [4.69, 9.17) is 0 Å². The van der Waals surface area contributed by atoms with Gasteiger partial charge in [-0.15, -0.1) is 0 Å². The first kappa shape index (κ1) is 8.50. The van der Waals surface area contributed by atoms with Crippen molar-refractivity contribution in [3.8, 4) is 0 Å². The summed E-state index contributed by atoms with van der Waals surface area (Å²) in [5.41, 5.74) is 0. The fourth-order valence-electron chi connectivity index (χ4n) is 1.72. The molecule has 2 nitrogen and oxygen atoms in total. The van der Waals surface area contributed by atoms with Crippen molar-refractivity contribution in [2.24, 2.45) is 11.8 Å². The summed E-state index contributed by atoms with van der Waals surface area (Å²) in [5, 5.41) is 0. The summed E-state index contributed by atoms with van der Waals surface area (Å²) in [6.45, 7) is 1.73. The second kappa shape index (κ2) is 3.69. The molecule has 0 aliphatic heterocycles. The van der Waals surface area contributed by atoms with E-state index >= 15 is 0 Å². The molecule has 1 saturated carbocycles. The van der Waals surface area contributed by atoms with E-state index in [0.29, 0.717) is 5.92 Å². The topological polar surface area (TPSA) is 26.3 Å². The van der Waals surface area contributed by atoms with Crippen molar-refractivity contribution in [2.45, 2.75) is 32.6 Å². The van der Waals surface area contributed by atoms with E-state index in [1.807, 2.05) is 0 Å². The predicted octanol–water partition coefficient (Wildman–Crippen LogP) is 2.24. The third-order valence-electron chi connectivity index (χ3n) is 2.55. The van der Waals surface area contributed by atoms with Gasteiger partial charge < -0.3 is 0 Å². The molecule has 0 spiro atoms. The highest BCUT2D eigenvalue weighted by Crippen LogP contribution is 2.31. The summed E-state index contributed by atoms with van der Waals surface area (Å²) in [5.74, 6) is -0.627. The van der Waals surface area contributed by atoms with Crippen LogP contribution in [0.25, 0.3) is 0 Å². The third kappa shape index (κ3) is 1.91. The molecule has 3 heteroatoms. The molecule has 0 amide bonds. The molecule has 1 atom stereocenters. The van der Waals surface area contributed by atoms with Gasteiger partial charge in [0.1, 0.15) is 0 Å². The molecule has 1 aliphatic rings. The molecule has 1 rings (SSSR count). The lowest BCUT2D eigenvalue weighted by Gasteiger charge is -2.13. The number of hydrogen-bond donors (Lipinski definition) is 0. The Morgan fingerprint density at radius 1 is 1.55 bits per heavy atom. The highest BCUT2D eigenvalue weighted by atomic mass is 19.3. The molecule has 0 aromatic carbocycles. The summed E-state index contributed by atoms with van der Waals surface area (Å²) in [7, 11) is 0. The van der Waals surface area contributed by atoms with Gasteiger partial charge in [-0.3, -0.25) is 4.94 Å². The molecule has 0 bridgehead atoms. The van der Waals surface area contributed by atoms with Gasteiger partial charge in [0.2, 0.25) is 0 Å². The number of halogens is 1. The first-order valence-corrected chi connectivity index (χ1v) is 4.08. The Morgan fingerprint density at radius 3 is 2.55 bits per heavy atom. The average Bonchev–Trinajstić information content (AvgIpc) is 2.53. The Balaban J connectivity index is 2.39. The Hall–Kier alpha value is -0.600. The maximum Gasteiger partial charge on any atom is 0.351 e. The van der Waals surface area contributed by atoms with E-state index in [0.717, 1.165) is 25.7 Å². The minimum absolute atomic E-state index is 0.262. The highest BCUT2D eigenvalue weighted by molar-refractivity contribution is 5.71. The summed E-state index contributed by atoms with van der Waals surface area (Å²) < 4.78 is 11.4. The second-order valence-electron chi connectivity index (χ2n) is 3.23. The molecule has 1 unspecified atom stereocenters. The largest absolute Gasteiger partial charge is 0.351 e. The van der Waals surface area contributed by atoms with Crippen LogP contribution in [0, 0.1) is 11.8 Å². The van der Waals surface area contributed by atoms with Crippen LogP contribution in [0.4, 0.5) is 4.53 Å². The SMILES string of the molecule is CC(C(=O)OF)C1CCCC1. The second-order valence-corrected chi connectivity index (χ2v) is 3.23. The van der Waals surface area contributed by atoms with E-state index in [2.05, 4.69) is 4.94 Å². The van der Waals surface area contributed by atoms with Crippen molar-refractivity contribution in [2.75, 3.05) is 0 Å². The zero-order chi connectivity index (χ0) is 8.27. The molecule has 0 saturated heterocycles. The zero-order valence-corrected chi connectivity index (χ0v) is 6.68. The van der Waals surface area contributed by atoms with Crippen LogP contribution in [-0.2, 0) is 9.74 Å². The van der Waals surface area contributed by atoms with E-state index in [9.17, 15) is 9.32 Å². The minimum Gasteiger partial charge on any atom is -0.255 e. The van der Waals surface area contributed by atoms with Crippen LogP contribution < -0.4 is 0 Å². The average molecular weight is 160 g/mol. The number of carbonyl (C=O) groups is 1. The van der Waals surface area contributed by atoms with Gasteiger partial charge in [0.15, 0.2) is 0 Å². The first-order chi connectivity index (χ1) is 5.25. The molecule has 1 fully saturated rings.